The van der Waals surface area contributed by atoms with Gasteiger partial charge in [0, 0.05) is 19.6 Å². The van der Waals surface area contributed by atoms with E-state index in [1.54, 1.807) is 0 Å². The van der Waals surface area contributed by atoms with Crippen LogP contribution in [0.25, 0.3) is 0 Å². The first-order valence-corrected chi connectivity index (χ1v) is 6.01. The van der Waals surface area contributed by atoms with Crippen molar-refractivity contribution in [2.24, 2.45) is 5.92 Å². The van der Waals surface area contributed by atoms with Crippen molar-refractivity contribution in [2.45, 2.75) is 32.2 Å². The maximum Gasteiger partial charge on any atom is 0.324 e. The van der Waals surface area contributed by atoms with Gasteiger partial charge in [-0.05, 0) is 32.9 Å². The fourth-order valence-electron chi connectivity index (χ4n) is 2.47. The number of piperidine rings is 1. The number of nitrogens with zero attached hydrogens (tertiary/aromatic N) is 2. The average molecular weight is 228 g/mol. The molecule has 1 fully saturated rings. The Morgan fingerprint density at radius 3 is 2.19 bits per heavy atom. The number of rotatable bonds is 4. The standard InChI is InChI=1S/C12H24N2O2/c1-10(2)9-14-7-5-12(6-8-14,11(15)16)13(3)4/h10H,5-9H2,1-4H3,(H,15,16). The smallest absolute Gasteiger partial charge is 0.324 e. The number of likely N-dealkylation sites (N-methyl/N-ethyl adjacent to an activating group) is 1. The average Bonchev–Trinajstić information content (AvgIpc) is 2.17. The molecule has 0 aliphatic carbocycles. The SMILES string of the molecule is CC(C)CN1CCC(C(=O)O)(N(C)C)CC1. The van der Waals surface area contributed by atoms with Gasteiger partial charge in [0.25, 0.3) is 0 Å². The van der Waals surface area contributed by atoms with E-state index in [0.717, 1.165) is 32.5 Å². The summed E-state index contributed by atoms with van der Waals surface area (Å²) < 4.78 is 0. The third kappa shape index (κ3) is 2.74. The molecule has 0 aromatic heterocycles. The summed E-state index contributed by atoms with van der Waals surface area (Å²) >= 11 is 0. The summed E-state index contributed by atoms with van der Waals surface area (Å²) in [6, 6.07) is 0. The van der Waals surface area contributed by atoms with Crippen LogP contribution in [0.5, 0.6) is 0 Å². The van der Waals surface area contributed by atoms with Crippen molar-refractivity contribution in [2.75, 3.05) is 33.7 Å². The Hall–Kier alpha value is -0.610. The van der Waals surface area contributed by atoms with E-state index in [0.29, 0.717) is 5.92 Å². The highest BCUT2D eigenvalue weighted by Gasteiger charge is 2.43. The molecule has 1 N–H and O–H groups in total. The molecule has 16 heavy (non-hydrogen) atoms. The molecule has 4 nitrogen and oxygen atoms in total. The minimum atomic E-state index is -0.679. The maximum absolute atomic E-state index is 11.4. The number of carbonyl (C=O) groups is 1. The molecule has 0 spiro atoms. The molecule has 0 unspecified atom stereocenters. The first-order chi connectivity index (χ1) is 7.38. The van der Waals surface area contributed by atoms with Gasteiger partial charge in [0.2, 0.25) is 0 Å². The summed E-state index contributed by atoms with van der Waals surface area (Å²) in [6.07, 6.45) is 1.45. The number of carboxylic acid groups (broad SMARTS) is 1. The molecule has 0 bridgehead atoms. The highest BCUT2D eigenvalue weighted by molar-refractivity contribution is 5.78. The molecule has 0 amide bonds. The molecule has 1 heterocycles. The van der Waals surface area contributed by atoms with Crippen LogP contribution in [0.2, 0.25) is 0 Å². The molecule has 1 aliphatic heterocycles. The number of hydrogen-bond donors (Lipinski definition) is 1. The molecule has 4 heteroatoms. The summed E-state index contributed by atoms with van der Waals surface area (Å²) in [7, 11) is 3.73. The number of carboxylic acids is 1. The summed E-state index contributed by atoms with van der Waals surface area (Å²) in [5.74, 6) is -0.0293. The maximum atomic E-state index is 11.4. The number of aliphatic carboxylic acids is 1. The van der Waals surface area contributed by atoms with Crippen LogP contribution in [0.3, 0.4) is 0 Å². The van der Waals surface area contributed by atoms with Gasteiger partial charge in [-0.2, -0.15) is 0 Å². The topological polar surface area (TPSA) is 43.8 Å². The molecule has 94 valence electrons. The van der Waals surface area contributed by atoms with Crippen molar-refractivity contribution in [3.05, 3.63) is 0 Å². The van der Waals surface area contributed by atoms with Gasteiger partial charge in [-0.1, -0.05) is 13.8 Å². The third-order valence-electron chi connectivity index (χ3n) is 3.56. The Morgan fingerprint density at radius 1 is 1.38 bits per heavy atom. The number of hydrogen-bond acceptors (Lipinski definition) is 3. The Labute approximate surface area is 98.2 Å². The minimum absolute atomic E-state index is 0.645. The second kappa shape index (κ2) is 5.15. The van der Waals surface area contributed by atoms with Gasteiger partial charge in [0.05, 0.1) is 0 Å². The van der Waals surface area contributed by atoms with E-state index in [4.69, 9.17) is 0 Å². The molecule has 0 atom stereocenters. The van der Waals surface area contributed by atoms with Crippen LogP contribution < -0.4 is 0 Å². The Balaban J connectivity index is 2.60. The van der Waals surface area contributed by atoms with Crippen molar-refractivity contribution in [3.63, 3.8) is 0 Å². The largest absolute Gasteiger partial charge is 0.480 e. The third-order valence-corrected chi connectivity index (χ3v) is 3.56. The first-order valence-electron chi connectivity index (χ1n) is 6.01. The molecule has 0 aromatic carbocycles. The second-order valence-electron chi connectivity index (χ2n) is 5.43. The van der Waals surface area contributed by atoms with Gasteiger partial charge >= 0.3 is 5.97 Å². The van der Waals surface area contributed by atoms with E-state index in [-0.39, 0.29) is 0 Å². The monoisotopic (exact) mass is 228 g/mol. The van der Waals surface area contributed by atoms with Crippen molar-refractivity contribution in [1.29, 1.82) is 0 Å². The van der Waals surface area contributed by atoms with Crippen LogP contribution in [-0.2, 0) is 4.79 Å². The molecule has 0 aromatic rings. The Bertz CT molecular complexity index is 243. The zero-order chi connectivity index (χ0) is 12.3. The van der Waals surface area contributed by atoms with Crippen molar-refractivity contribution in [3.8, 4) is 0 Å². The number of likely N-dealkylation sites (tertiary alicyclic amines) is 1. The Kier molecular flexibility index (Phi) is 4.33. The summed E-state index contributed by atoms with van der Waals surface area (Å²) in [4.78, 5) is 15.6. The highest BCUT2D eigenvalue weighted by atomic mass is 16.4. The molecule has 1 aliphatic rings. The minimum Gasteiger partial charge on any atom is -0.480 e. The summed E-state index contributed by atoms with van der Waals surface area (Å²) in [6.45, 7) is 7.25. The molecule has 0 radical (unpaired) electrons. The molecular formula is C12H24N2O2. The van der Waals surface area contributed by atoms with Gasteiger partial charge < -0.3 is 10.0 Å². The fraction of sp³-hybridized carbons (Fsp3) is 0.917. The van der Waals surface area contributed by atoms with Gasteiger partial charge in [-0.3, -0.25) is 9.69 Å². The zero-order valence-corrected chi connectivity index (χ0v) is 10.9. The van der Waals surface area contributed by atoms with Crippen molar-refractivity contribution < 1.29 is 9.90 Å². The Morgan fingerprint density at radius 2 is 1.88 bits per heavy atom. The molecular weight excluding hydrogens is 204 g/mol. The van der Waals surface area contributed by atoms with Crippen LogP contribution in [0.1, 0.15) is 26.7 Å². The van der Waals surface area contributed by atoms with Crippen LogP contribution in [0.15, 0.2) is 0 Å². The lowest BCUT2D eigenvalue weighted by molar-refractivity contribution is -0.153. The van der Waals surface area contributed by atoms with E-state index in [1.807, 2.05) is 19.0 Å². The van der Waals surface area contributed by atoms with Crippen LogP contribution >= 0.6 is 0 Å². The van der Waals surface area contributed by atoms with Crippen molar-refractivity contribution >= 4 is 5.97 Å². The van der Waals surface area contributed by atoms with Crippen LogP contribution in [0, 0.1) is 5.92 Å². The lowest BCUT2D eigenvalue weighted by Gasteiger charge is -2.43. The van der Waals surface area contributed by atoms with Gasteiger partial charge in [0.15, 0.2) is 0 Å². The van der Waals surface area contributed by atoms with Gasteiger partial charge in [-0.15, -0.1) is 0 Å². The highest BCUT2D eigenvalue weighted by Crippen LogP contribution is 2.27. The quantitative estimate of drug-likeness (QED) is 0.783. The summed E-state index contributed by atoms with van der Waals surface area (Å²) in [5.41, 5.74) is -0.645. The van der Waals surface area contributed by atoms with E-state index in [1.165, 1.54) is 0 Å². The zero-order valence-electron chi connectivity index (χ0n) is 10.9. The predicted octanol–water partition coefficient (Wildman–Crippen LogP) is 1.12. The second-order valence-corrected chi connectivity index (χ2v) is 5.43. The molecule has 1 saturated heterocycles. The van der Waals surface area contributed by atoms with E-state index < -0.39 is 11.5 Å². The van der Waals surface area contributed by atoms with E-state index in [9.17, 15) is 9.90 Å². The molecule has 1 rings (SSSR count). The predicted molar refractivity (Wildman–Crippen MR) is 64.6 cm³/mol. The van der Waals surface area contributed by atoms with E-state index >= 15 is 0 Å². The fourth-order valence-corrected chi connectivity index (χ4v) is 2.47. The normalized spacial score (nSPS) is 21.6. The molecule has 0 saturated carbocycles. The van der Waals surface area contributed by atoms with Crippen LogP contribution in [0.4, 0.5) is 0 Å². The van der Waals surface area contributed by atoms with Crippen molar-refractivity contribution in [1.82, 2.24) is 9.80 Å². The summed E-state index contributed by atoms with van der Waals surface area (Å²) in [5, 5.41) is 9.37. The lowest BCUT2D eigenvalue weighted by Crippen LogP contribution is -2.57. The van der Waals surface area contributed by atoms with Crippen LogP contribution in [-0.4, -0.2) is 60.1 Å². The van der Waals surface area contributed by atoms with E-state index in [2.05, 4.69) is 18.7 Å². The van der Waals surface area contributed by atoms with Gasteiger partial charge in [-0.25, -0.2) is 0 Å². The van der Waals surface area contributed by atoms with Gasteiger partial charge in [0.1, 0.15) is 5.54 Å². The first kappa shape index (κ1) is 13.5. The lowest BCUT2D eigenvalue weighted by atomic mass is 9.86.